The van der Waals surface area contributed by atoms with E-state index in [0.29, 0.717) is 6.04 Å². The largest absolute Gasteiger partial charge is 0.493 e. The topological polar surface area (TPSA) is 35.2 Å². The van der Waals surface area contributed by atoms with E-state index >= 15 is 0 Å². The Hall–Kier alpha value is -0.190. The van der Waals surface area contributed by atoms with E-state index in [1.54, 1.807) is 0 Å². The third-order valence-corrected chi connectivity index (χ3v) is 4.58. The molecule has 1 atom stereocenters. The lowest BCUT2D eigenvalue weighted by Crippen LogP contribution is -2.21. The van der Waals surface area contributed by atoms with Gasteiger partial charge in [-0.05, 0) is 24.1 Å². The molecule has 0 fully saturated rings. The molecule has 94 valence electrons. The van der Waals surface area contributed by atoms with E-state index in [9.17, 15) is 0 Å². The smallest absolute Gasteiger partial charge is 0.126 e. The highest BCUT2D eigenvalue weighted by atomic mass is 79.9. The molecular weight excluding hydrogens is 298 g/mol. The summed E-state index contributed by atoms with van der Waals surface area (Å²) in [6.07, 6.45) is 2.07. The number of hydrogen-bond acceptors (Lipinski definition) is 3. The van der Waals surface area contributed by atoms with Gasteiger partial charge in [-0.15, -0.1) is 0 Å². The zero-order valence-corrected chi connectivity index (χ0v) is 12.4. The molecule has 0 aliphatic carbocycles. The fourth-order valence-corrected chi connectivity index (χ4v) is 3.53. The van der Waals surface area contributed by atoms with Crippen molar-refractivity contribution in [3.05, 3.63) is 27.7 Å². The maximum absolute atomic E-state index is 5.92. The van der Waals surface area contributed by atoms with Gasteiger partial charge in [0, 0.05) is 34.0 Å². The summed E-state index contributed by atoms with van der Waals surface area (Å²) in [7, 11) is 0. The Kier molecular flexibility index (Phi) is 4.77. The quantitative estimate of drug-likeness (QED) is 0.905. The Balaban J connectivity index is 2.01. The molecule has 0 amide bonds. The minimum Gasteiger partial charge on any atom is -0.493 e. The van der Waals surface area contributed by atoms with E-state index in [0.717, 1.165) is 41.2 Å². The lowest BCUT2D eigenvalue weighted by molar-refractivity contribution is 0.354. The second-order valence-corrected chi connectivity index (χ2v) is 6.28. The highest BCUT2D eigenvalue weighted by Crippen LogP contribution is 2.35. The summed E-state index contributed by atoms with van der Waals surface area (Å²) in [5.74, 6) is 3.10. The van der Waals surface area contributed by atoms with Gasteiger partial charge in [0.05, 0.1) is 6.61 Å². The number of rotatable bonds is 5. The summed E-state index contributed by atoms with van der Waals surface area (Å²) in [6.45, 7) is 2.95. The van der Waals surface area contributed by atoms with Crippen LogP contribution >= 0.6 is 27.7 Å². The second kappa shape index (κ2) is 6.12. The summed E-state index contributed by atoms with van der Waals surface area (Å²) in [6, 6.07) is 4.63. The van der Waals surface area contributed by atoms with Gasteiger partial charge in [-0.25, -0.2) is 0 Å². The fourth-order valence-electron chi connectivity index (χ4n) is 1.89. The number of thioether (sulfide) groups is 1. The molecule has 1 unspecified atom stereocenters. The van der Waals surface area contributed by atoms with Crippen molar-refractivity contribution >= 4 is 27.7 Å². The van der Waals surface area contributed by atoms with Crippen molar-refractivity contribution in [1.29, 1.82) is 0 Å². The zero-order valence-electron chi connectivity index (χ0n) is 10.0. The SMILES string of the molecule is CCC(N)CSCc1cc(Br)cc2c1OCC2. The molecule has 1 aliphatic heterocycles. The van der Waals surface area contributed by atoms with E-state index in [2.05, 4.69) is 35.0 Å². The Labute approximate surface area is 115 Å². The van der Waals surface area contributed by atoms with Crippen LogP contribution in [-0.2, 0) is 12.2 Å². The van der Waals surface area contributed by atoms with Gasteiger partial charge >= 0.3 is 0 Å². The van der Waals surface area contributed by atoms with Crippen molar-refractivity contribution in [3.8, 4) is 5.75 Å². The Morgan fingerprint density at radius 3 is 3.12 bits per heavy atom. The molecule has 1 aliphatic rings. The number of hydrogen-bond donors (Lipinski definition) is 1. The number of halogens is 1. The van der Waals surface area contributed by atoms with Crippen LogP contribution in [0, 0.1) is 0 Å². The first kappa shape index (κ1) is 13.2. The van der Waals surface area contributed by atoms with Gasteiger partial charge in [-0.3, -0.25) is 0 Å². The normalized spacial score (nSPS) is 15.5. The summed E-state index contributed by atoms with van der Waals surface area (Å²) in [5.41, 5.74) is 8.54. The van der Waals surface area contributed by atoms with E-state index in [-0.39, 0.29) is 0 Å². The van der Waals surface area contributed by atoms with Crippen LogP contribution in [0.2, 0.25) is 0 Å². The van der Waals surface area contributed by atoms with Gasteiger partial charge in [0.2, 0.25) is 0 Å². The van der Waals surface area contributed by atoms with E-state index in [1.807, 2.05) is 11.8 Å². The molecule has 0 saturated carbocycles. The van der Waals surface area contributed by atoms with E-state index in [1.165, 1.54) is 11.1 Å². The van der Waals surface area contributed by atoms with Crippen LogP contribution in [0.25, 0.3) is 0 Å². The molecule has 2 nitrogen and oxygen atoms in total. The van der Waals surface area contributed by atoms with Crippen molar-refractivity contribution in [2.45, 2.75) is 31.6 Å². The lowest BCUT2D eigenvalue weighted by Gasteiger charge is -2.11. The molecule has 1 heterocycles. The van der Waals surface area contributed by atoms with Gasteiger partial charge in [-0.1, -0.05) is 22.9 Å². The summed E-state index contributed by atoms with van der Waals surface area (Å²) in [4.78, 5) is 0. The summed E-state index contributed by atoms with van der Waals surface area (Å²) >= 11 is 5.45. The summed E-state index contributed by atoms with van der Waals surface area (Å²) in [5, 5.41) is 0. The van der Waals surface area contributed by atoms with Crippen LogP contribution in [-0.4, -0.2) is 18.4 Å². The number of ether oxygens (including phenoxy) is 1. The average molecular weight is 316 g/mol. The maximum atomic E-state index is 5.92. The van der Waals surface area contributed by atoms with Crippen LogP contribution in [0.3, 0.4) is 0 Å². The third kappa shape index (κ3) is 3.39. The molecule has 17 heavy (non-hydrogen) atoms. The number of nitrogens with two attached hydrogens (primary N) is 1. The third-order valence-electron chi connectivity index (χ3n) is 2.94. The van der Waals surface area contributed by atoms with Crippen LogP contribution in [0.5, 0.6) is 5.75 Å². The monoisotopic (exact) mass is 315 g/mol. The van der Waals surface area contributed by atoms with Crippen molar-refractivity contribution in [3.63, 3.8) is 0 Å². The molecule has 0 saturated heterocycles. The number of benzene rings is 1. The van der Waals surface area contributed by atoms with Gasteiger partial charge in [0.1, 0.15) is 5.75 Å². The average Bonchev–Trinajstić information content (AvgIpc) is 2.76. The number of fused-ring (bicyclic) bond motifs is 1. The Morgan fingerprint density at radius 2 is 2.35 bits per heavy atom. The molecule has 0 spiro atoms. The minimum absolute atomic E-state index is 0.307. The standard InChI is InChI=1S/C13H18BrNOS/c1-2-12(15)8-17-7-10-6-11(14)5-9-3-4-16-13(9)10/h5-6,12H,2-4,7-8,15H2,1H3. The highest BCUT2D eigenvalue weighted by Gasteiger charge is 2.17. The minimum atomic E-state index is 0.307. The van der Waals surface area contributed by atoms with E-state index < -0.39 is 0 Å². The Morgan fingerprint density at radius 1 is 1.53 bits per heavy atom. The van der Waals surface area contributed by atoms with Crippen LogP contribution in [0.15, 0.2) is 16.6 Å². The fraction of sp³-hybridized carbons (Fsp3) is 0.538. The van der Waals surface area contributed by atoms with Gasteiger partial charge in [0.25, 0.3) is 0 Å². The zero-order chi connectivity index (χ0) is 12.3. The molecule has 4 heteroatoms. The van der Waals surface area contributed by atoms with Crippen molar-refractivity contribution < 1.29 is 4.74 Å². The molecule has 2 rings (SSSR count). The summed E-state index contributed by atoms with van der Waals surface area (Å²) < 4.78 is 6.85. The maximum Gasteiger partial charge on any atom is 0.126 e. The van der Waals surface area contributed by atoms with Gasteiger partial charge < -0.3 is 10.5 Å². The first-order valence-corrected chi connectivity index (χ1v) is 7.93. The second-order valence-electron chi connectivity index (χ2n) is 4.34. The molecule has 0 aromatic heterocycles. The van der Waals surface area contributed by atoms with Crippen LogP contribution < -0.4 is 10.5 Å². The molecule has 2 N–H and O–H groups in total. The van der Waals surface area contributed by atoms with Crippen molar-refractivity contribution in [1.82, 2.24) is 0 Å². The first-order valence-electron chi connectivity index (χ1n) is 5.98. The van der Waals surface area contributed by atoms with E-state index in [4.69, 9.17) is 10.5 Å². The first-order chi connectivity index (χ1) is 8.20. The molecule has 0 radical (unpaired) electrons. The predicted octanol–water partition coefficient (Wildman–Crippen LogP) is 3.35. The predicted molar refractivity (Wildman–Crippen MR) is 77.8 cm³/mol. The molecule has 1 aromatic rings. The van der Waals surface area contributed by atoms with Crippen LogP contribution in [0.1, 0.15) is 24.5 Å². The molecular formula is C13H18BrNOS. The highest BCUT2D eigenvalue weighted by molar-refractivity contribution is 9.10. The molecule has 1 aromatic carbocycles. The Bertz CT molecular complexity index is 397. The van der Waals surface area contributed by atoms with Gasteiger partial charge in [0.15, 0.2) is 0 Å². The van der Waals surface area contributed by atoms with Crippen LogP contribution in [0.4, 0.5) is 0 Å². The van der Waals surface area contributed by atoms with Crippen molar-refractivity contribution in [2.24, 2.45) is 5.73 Å². The lowest BCUT2D eigenvalue weighted by atomic mass is 10.1. The molecule has 0 bridgehead atoms. The van der Waals surface area contributed by atoms with Crippen molar-refractivity contribution in [2.75, 3.05) is 12.4 Å². The van der Waals surface area contributed by atoms with Gasteiger partial charge in [-0.2, -0.15) is 11.8 Å².